The van der Waals surface area contributed by atoms with Gasteiger partial charge in [0.25, 0.3) is 0 Å². The van der Waals surface area contributed by atoms with Crippen LogP contribution in [0.5, 0.6) is 0 Å². The van der Waals surface area contributed by atoms with Crippen LogP contribution in [0.1, 0.15) is 67.5 Å². The second-order valence-corrected chi connectivity index (χ2v) is 10.0. The lowest BCUT2D eigenvalue weighted by Crippen LogP contribution is -2.17. The Hall–Kier alpha value is -2.96. The van der Waals surface area contributed by atoms with E-state index in [1.54, 1.807) is 12.3 Å². The summed E-state index contributed by atoms with van der Waals surface area (Å²) in [5.74, 6) is -0.0774. The lowest BCUT2D eigenvalue weighted by Gasteiger charge is -2.11. The summed E-state index contributed by atoms with van der Waals surface area (Å²) in [6.45, 7) is 6.60. The molecule has 2 saturated carbocycles. The van der Waals surface area contributed by atoms with Crippen LogP contribution >= 0.6 is 0 Å². The average molecular weight is 465 g/mol. The van der Waals surface area contributed by atoms with Gasteiger partial charge in [-0.05, 0) is 87.6 Å². The minimum Gasteiger partial charge on any atom is -0.466 e. The van der Waals surface area contributed by atoms with E-state index in [0.717, 1.165) is 49.8 Å². The number of ether oxygens (including phenoxy) is 2. The number of hydrogen-bond acceptors (Lipinski definition) is 6. The van der Waals surface area contributed by atoms with Crippen molar-refractivity contribution in [2.75, 3.05) is 13.2 Å². The van der Waals surface area contributed by atoms with E-state index < -0.39 is 0 Å². The van der Waals surface area contributed by atoms with Gasteiger partial charge in [0.2, 0.25) is 5.56 Å². The number of hydrogen-bond donors (Lipinski definition) is 1. The fourth-order valence-electron chi connectivity index (χ4n) is 6.27. The van der Waals surface area contributed by atoms with Gasteiger partial charge in [-0.3, -0.25) is 19.4 Å². The Labute approximate surface area is 199 Å². The van der Waals surface area contributed by atoms with Crippen LogP contribution in [0, 0.1) is 18.8 Å². The SMILES string of the molecule is CCOC(=O)C1CC12CCc1c[nH]c(=O)cc12.CCOC(=O)C1CC12CCc1cnc(C)cc12. The molecule has 2 heterocycles. The van der Waals surface area contributed by atoms with Crippen molar-refractivity contribution in [2.45, 2.75) is 70.1 Å². The molecule has 0 radical (unpaired) electrons. The molecule has 2 aromatic rings. The monoisotopic (exact) mass is 464 g/mol. The number of aryl methyl sites for hydroxylation is 3. The number of fused-ring (bicyclic) bond motifs is 4. The van der Waals surface area contributed by atoms with Gasteiger partial charge in [-0.25, -0.2) is 0 Å². The fourth-order valence-corrected chi connectivity index (χ4v) is 6.27. The maximum absolute atomic E-state index is 11.8. The molecule has 6 rings (SSSR count). The summed E-state index contributed by atoms with van der Waals surface area (Å²) in [4.78, 5) is 42.0. The highest BCUT2D eigenvalue weighted by Gasteiger charge is 2.63. The zero-order valence-corrected chi connectivity index (χ0v) is 20.1. The first-order valence-corrected chi connectivity index (χ1v) is 12.4. The van der Waals surface area contributed by atoms with Gasteiger partial charge in [-0.1, -0.05) is 0 Å². The van der Waals surface area contributed by atoms with Crippen molar-refractivity contribution >= 4 is 11.9 Å². The molecule has 0 aromatic carbocycles. The highest BCUT2D eigenvalue weighted by Crippen LogP contribution is 2.62. The minimum atomic E-state index is -0.111. The summed E-state index contributed by atoms with van der Waals surface area (Å²) in [6, 6.07) is 3.81. The van der Waals surface area contributed by atoms with Crippen LogP contribution in [-0.4, -0.2) is 35.1 Å². The van der Waals surface area contributed by atoms with Gasteiger partial charge in [0, 0.05) is 35.0 Å². The zero-order valence-electron chi connectivity index (χ0n) is 20.1. The number of rotatable bonds is 4. The number of nitrogens with zero attached hydrogens (tertiary/aromatic N) is 1. The molecular weight excluding hydrogens is 432 g/mol. The molecule has 2 aromatic heterocycles. The number of H-pyrrole nitrogens is 1. The third kappa shape index (κ3) is 3.65. The standard InChI is InChI=1S/C14H17NO2.C13H15NO3/c1-3-17-13(16)12-7-14(12)5-4-10-8-15-9(2)6-11(10)14;1-2-17-12(16)10-6-13(10)4-3-8-7-14-11(15)5-9(8)13/h6,8,12H,3-5,7H2,1-2H3;5,7,10H,2-4,6H2,1H3,(H,14,15). The summed E-state index contributed by atoms with van der Waals surface area (Å²) >= 11 is 0. The lowest BCUT2D eigenvalue weighted by atomic mass is 9.95. The molecule has 4 atom stereocenters. The van der Waals surface area contributed by atoms with E-state index in [1.807, 2.05) is 27.0 Å². The van der Waals surface area contributed by atoms with Gasteiger partial charge in [-0.15, -0.1) is 0 Å². The molecular formula is C27H32N2O5. The quantitative estimate of drug-likeness (QED) is 0.697. The molecule has 0 bridgehead atoms. The van der Waals surface area contributed by atoms with E-state index in [4.69, 9.17) is 9.47 Å². The third-order valence-electron chi connectivity index (χ3n) is 8.18. The molecule has 1 N–H and O–H groups in total. The van der Waals surface area contributed by atoms with E-state index in [0.29, 0.717) is 13.2 Å². The van der Waals surface area contributed by atoms with Crippen LogP contribution < -0.4 is 5.56 Å². The van der Waals surface area contributed by atoms with E-state index in [2.05, 4.69) is 16.0 Å². The molecule has 4 aliphatic carbocycles. The molecule has 7 heteroatoms. The normalized spacial score (nSPS) is 29.1. The molecule has 0 saturated heterocycles. The smallest absolute Gasteiger partial charge is 0.309 e. The Morgan fingerprint density at radius 3 is 2.12 bits per heavy atom. The second kappa shape index (κ2) is 8.36. The Kier molecular flexibility index (Phi) is 5.61. The summed E-state index contributed by atoms with van der Waals surface area (Å²) in [5.41, 5.74) is 5.88. The van der Waals surface area contributed by atoms with Crippen LogP contribution in [0.25, 0.3) is 0 Å². The first-order chi connectivity index (χ1) is 16.3. The topological polar surface area (TPSA) is 98.4 Å². The molecule has 7 nitrogen and oxygen atoms in total. The van der Waals surface area contributed by atoms with Gasteiger partial charge in [-0.2, -0.15) is 0 Å². The number of esters is 2. The van der Waals surface area contributed by atoms with Crippen LogP contribution in [0.15, 0.2) is 29.3 Å². The van der Waals surface area contributed by atoms with Crippen molar-refractivity contribution < 1.29 is 19.1 Å². The zero-order chi connectivity index (χ0) is 24.1. The van der Waals surface area contributed by atoms with Crippen LogP contribution in [0.4, 0.5) is 0 Å². The maximum Gasteiger partial charge on any atom is 0.309 e. The van der Waals surface area contributed by atoms with Gasteiger partial charge >= 0.3 is 11.9 Å². The van der Waals surface area contributed by atoms with E-state index >= 15 is 0 Å². The second-order valence-electron chi connectivity index (χ2n) is 10.0. The van der Waals surface area contributed by atoms with Crippen LogP contribution in [-0.2, 0) is 42.7 Å². The number of carbonyl (C=O) groups is 2. The molecule has 0 amide bonds. The van der Waals surface area contributed by atoms with Crippen molar-refractivity contribution in [1.29, 1.82) is 0 Å². The van der Waals surface area contributed by atoms with E-state index in [1.165, 1.54) is 16.7 Å². The molecule has 180 valence electrons. The van der Waals surface area contributed by atoms with Crippen molar-refractivity contribution in [1.82, 2.24) is 9.97 Å². The van der Waals surface area contributed by atoms with E-state index in [9.17, 15) is 14.4 Å². The average Bonchev–Trinajstić information content (AvgIpc) is 3.65. The number of aromatic amines is 1. The van der Waals surface area contributed by atoms with Crippen molar-refractivity contribution in [2.24, 2.45) is 11.8 Å². The maximum atomic E-state index is 11.8. The number of pyridine rings is 2. The molecule has 2 spiro atoms. The summed E-state index contributed by atoms with van der Waals surface area (Å²) in [7, 11) is 0. The third-order valence-corrected chi connectivity index (χ3v) is 8.18. The van der Waals surface area contributed by atoms with Crippen LogP contribution in [0.2, 0.25) is 0 Å². The summed E-state index contributed by atoms with van der Waals surface area (Å²) in [6.07, 6.45) is 9.60. The highest BCUT2D eigenvalue weighted by molar-refractivity contribution is 5.80. The lowest BCUT2D eigenvalue weighted by molar-refractivity contribution is -0.146. The Morgan fingerprint density at radius 2 is 1.53 bits per heavy atom. The number of carbonyl (C=O) groups excluding carboxylic acids is 2. The first-order valence-electron chi connectivity index (χ1n) is 12.4. The number of nitrogens with one attached hydrogen (secondary N) is 1. The van der Waals surface area contributed by atoms with Crippen LogP contribution in [0.3, 0.4) is 0 Å². The van der Waals surface area contributed by atoms with Crippen molar-refractivity contribution in [3.05, 3.63) is 62.8 Å². The van der Waals surface area contributed by atoms with Crippen molar-refractivity contribution in [3.63, 3.8) is 0 Å². The number of aromatic nitrogens is 2. The summed E-state index contributed by atoms with van der Waals surface area (Å²) in [5, 5.41) is 0. The van der Waals surface area contributed by atoms with Gasteiger partial charge in [0.15, 0.2) is 0 Å². The Balaban J connectivity index is 0.000000142. The first kappa shape index (κ1) is 22.8. The van der Waals surface area contributed by atoms with Gasteiger partial charge < -0.3 is 14.5 Å². The predicted octanol–water partition coefficient (Wildman–Crippen LogP) is 3.30. The molecule has 34 heavy (non-hydrogen) atoms. The Bertz CT molecular complexity index is 1200. The summed E-state index contributed by atoms with van der Waals surface area (Å²) < 4.78 is 10.2. The predicted molar refractivity (Wildman–Crippen MR) is 126 cm³/mol. The minimum absolute atomic E-state index is 0.0187. The van der Waals surface area contributed by atoms with Crippen molar-refractivity contribution in [3.8, 4) is 0 Å². The highest BCUT2D eigenvalue weighted by atomic mass is 16.5. The van der Waals surface area contributed by atoms with Gasteiger partial charge in [0.1, 0.15) is 0 Å². The van der Waals surface area contributed by atoms with Gasteiger partial charge in [0.05, 0.1) is 25.0 Å². The fraction of sp³-hybridized carbons (Fsp3) is 0.556. The molecule has 4 unspecified atom stereocenters. The largest absolute Gasteiger partial charge is 0.466 e. The molecule has 2 fully saturated rings. The van der Waals surface area contributed by atoms with E-state index in [-0.39, 0.29) is 40.2 Å². The molecule has 4 aliphatic rings. The Morgan fingerprint density at radius 1 is 0.971 bits per heavy atom. The molecule has 0 aliphatic heterocycles.